The lowest BCUT2D eigenvalue weighted by molar-refractivity contribution is -0.121. The lowest BCUT2D eigenvalue weighted by Crippen LogP contribution is -2.40. The molecule has 0 saturated carbocycles. The molecular weight excluding hydrogens is 372 g/mol. The van der Waals surface area contributed by atoms with Gasteiger partial charge in [0.15, 0.2) is 0 Å². The summed E-state index contributed by atoms with van der Waals surface area (Å²) in [6.07, 6.45) is 0. The van der Waals surface area contributed by atoms with E-state index in [0.29, 0.717) is 60.3 Å². The molecule has 2 amide bonds. The topological polar surface area (TPSA) is 68.3 Å². The zero-order valence-electron chi connectivity index (χ0n) is 16.4. The molecule has 7 nitrogen and oxygen atoms in total. The number of morpholine rings is 1. The van der Waals surface area contributed by atoms with Crippen LogP contribution in [0, 0.1) is 0 Å². The van der Waals surface area contributed by atoms with E-state index in [-0.39, 0.29) is 11.8 Å². The number of hydrogen-bond acceptors (Lipinski definition) is 6. The first-order valence-corrected chi connectivity index (χ1v) is 9.39. The van der Waals surface area contributed by atoms with Crippen LogP contribution in [0.25, 0.3) is 5.57 Å². The minimum atomic E-state index is -0.369. The van der Waals surface area contributed by atoms with Crippen LogP contribution in [0.1, 0.15) is 5.56 Å². The van der Waals surface area contributed by atoms with Crippen molar-refractivity contribution < 1.29 is 23.8 Å². The van der Waals surface area contributed by atoms with E-state index in [1.54, 1.807) is 50.6 Å². The number of carbonyl (C=O) groups excluding carboxylic acids is 2. The summed E-state index contributed by atoms with van der Waals surface area (Å²) in [5, 5.41) is 0. The lowest BCUT2D eigenvalue weighted by atomic mass is 10.0. The molecule has 2 aromatic carbocycles. The first-order chi connectivity index (χ1) is 14.2. The summed E-state index contributed by atoms with van der Waals surface area (Å²) in [4.78, 5) is 30.1. The minimum Gasteiger partial charge on any atom is -0.497 e. The highest BCUT2D eigenvalue weighted by atomic mass is 16.5. The van der Waals surface area contributed by atoms with Crippen LogP contribution in [-0.4, -0.2) is 57.2 Å². The Balaban J connectivity index is 1.83. The molecule has 2 aliphatic rings. The van der Waals surface area contributed by atoms with Crippen molar-refractivity contribution in [3.8, 4) is 11.5 Å². The summed E-state index contributed by atoms with van der Waals surface area (Å²) >= 11 is 0. The molecule has 1 saturated heterocycles. The molecule has 0 spiro atoms. The third-order valence-corrected chi connectivity index (χ3v) is 5.09. The van der Waals surface area contributed by atoms with Crippen LogP contribution in [0.5, 0.6) is 11.5 Å². The Kier molecular flexibility index (Phi) is 5.22. The van der Waals surface area contributed by atoms with Gasteiger partial charge in [-0.1, -0.05) is 18.2 Å². The summed E-state index contributed by atoms with van der Waals surface area (Å²) in [5.41, 5.74) is 1.84. The van der Waals surface area contributed by atoms with Crippen molar-refractivity contribution in [2.45, 2.75) is 0 Å². The number of hydrogen-bond donors (Lipinski definition) is 0. The van der Waals surface area contributed by atoms with Crippen LogP contribution in [0.15, 0.2) is 54.2 Å². The number of para-hydroxylation sites is 1. The molecule has 0 radical (unpaired) electrons. The van der Waals surface area contributed by atoms with Crippen LogP contribution in [-0.2, 0) is 14.3 Å². The van der Waals surface area contributed by atoms with E-state index in [9.17, 15) is 9.59 Å². The number of amides is 2. The van der Waals surface area contributed by atoms with E-state index in [1.807, 2.05) is 17.0 Å². The summed E-state index contributed by atoms with van der Waals surface area (Å²) < 4.78 is 16.1. The van der Waals surface area contributed by atoms with Gasteiger partial charge in [-0.05, 0) is 30.3 Å². The number of ether oxygens (including phenoxy) is 3. The number of nitrogens with zero attached hydrogens (tertiary/aromatic N) is 2. The highest BCUT2D eigenvalue weighted by Gasteiger charge is 2.43. The summed E-state index contributed by atoms with van der Waals surface area (Å²) in [5.74, 6) is 0.485. The lowest BCUT2D eigenvalue weighted by Gasteiger charge is -2.29. The monoisotopic (exact) mass is 394 g/mol. The number of carbonyl (C=O) groups is 2. The van der Waals surface area contributed by atoms with E-state index < -0.39 is 0 Å². The molecule has 0 N–H and O–H groups in total. The Morgan fingerprint density at radius 3 is 2.21 bits per heavy atom. The Bertz CT molecular complexity index is 961. The SMILES string of the molecule is COc1ccc(N2C(=O)C(c3ccccc3OC)=C(N3CCOCC3)C2=O)cc1. The van der Waals surface area contributed by atoms with Crippen molar-refractivity contribution in [2.24, 2.45) is 0 Å². The molecule has 0 unspecified atom stereocenters. The largest absolute Gasteiger partial charge is 0.497 e. The Hall–Kier alpha value is -3.32. The molecule has 7 heteroatoms. The molecule has 150 valence electrons. The van der Waals surface area contributed by atoms with Gasteiger partial charge >= 0.3 is 0 Å². The van der Waals surface area contributed by atoms with Crippen LogP contribution in [0.4, 0.5) is 5.69 Å². The van der Waals surface area contributed by atoms with Crippen molar-refractivity contribution in [1.82, 2.24) is 4.90 Å². The number of anilines is 1. The van der Waals surface area contributed by atoms with Gasteiger partial charge in [-0.2, -0.15) is 0 Å². The van der Waals surface area contributed by atoms with Gasteiger partial charge in [0.25, 0.3) is 11.8 Å². The molecule has 0 bridgehead atoms. The molecule has 1 fully saturated rings. The fourth-order valence-electron chi connectivity index (χ4n) is 3.66. The Labute approximate surface area is 169 Å². The minimum absolute atomic E-state index is 0.344. The van der Waals surface area contributed by atoms with Crippen molar-refractivity contribution in [3.63, 3.8) is 0 Å². The molecule has 2 heterocycles. The van der Waals surface area contributed by atoms with Crippen molar-refractivity contribution >= 4 is 23.1 Å². The van der Waals surface area contributed by atoms with E-state index in [4.69, 9.17) is 14.2 Å². The zero-order chi connectivity index (χ0) is 20.4. The average molecular weight is 394 g/mol. The van der Waals surface area contributed by atoms with E-state index >= 15 is 0 Å². The maximum atomic E-state index is 13.5. The predicted octanol–water partition coefficient (Wildman–Crippen LogP) is 2.32. The average Bonchev–Trinajstić information content (AvgIpc) is 3.04. The van der Waals surface area contributed by atoms with Gasteiger partial charge in [-0.3, -0.25) is 9.59 Å². The molecule has 2 aromatic rings. The normalized spacial score (nSPS) is 17.2. The molecule has 2 aliphatic heterocycles. The van der Waals surface area contributed by atoms with E-state index in [1.165, 1.54) is 4.90 Å². The van der Waals surface area contributed by atoms with Gasteiger partial charge < -0.3 is 19.1 Å². The smallest absolute Gasteiger partial charge is 0.282 e. The van der Waals surface area contributed by atoms with Gasteiger partial charge in [0.1, 0.15) is 17.2 Å². The van der Waals surface area contributed by atoms with Crippen molar-refractivity contribution in [2.75, 3.05) is 45.4 Å². The van der Waals surface area contributed by atoms with E-state index in [0.717, 1.165) is 0 Å². The van der Waals surface area contributed by atoms with Crippen LogP contribution in [0.3, 0.4) is 0 Å². The van der Waals surface area contributed by atoms with Crippen molar-refractivity contribution in [1.29, 1.82) is 0 Å². The summed E-state index contributed by atoms with van der Waals surface area (Å²) in [6.45, 7) is 2.10. The first-order valence-electron chi connectivity index (χ1n) is 9.39. The molecule has 0 atom stereocenters. The van der Waals surface area contributed by atoms with Gasteiger partial charge in [0.2, 0.25) is 0 Å². The molecule has 0 aliphatic carbocycles. The van der Waals surface area contributed by atoms with E-state index in [2.05, 4.69) is 0 Å². The summed E-state index contributed by atoms with van der Waals surface area (Å²) in [6, 6.07) is 14.1. The number of rotatable bonds is 5. The second-order valence-electron chi connectivity index (χ2n) is 6.67. The Morgan fingerprint density at radius 2 is 1.55 bits per heavy atom. The quantitative estimate of drug-likeness (QED) is 0.725. The molecule has 29 heavy (non-hydrogen) atoms. The van der Waals surface area contributed by atoms with Crippen molar-refractivity contribution in [3.05, 3.63) is 59.8 Å². The maximum absolute atomic E-state index is 13.5. The molecule has 4 rings (SSSR count). The van der Waals surface area contributed by atoms with Gasteiger partial charge in [0, 0.05) is 18.7 Å². The third-order valence-electron chi connectivity index (χ3n) is 5.09. The van der Waals surface area contributed by atoms with Crippen LogP contribution < -0.4 is 14.4 Å². The second-order valence-corrected chi connectivity index (χ2v) is 6.67. The van der Waals surface area contributed by atoms with Gasteiger partial charge in [-0.25, -0.2) is 4.90 Å². The maximum Gasteiger partial charge on any atom is 0.282 e. The Morgan fingerprint density at radius 1 is 0.862 bits per heavy atom. The molecular formula is C22H22N2O5. The molecule has 0 aromatic heterocycles. The zero-order valence-corrected chi connectivity index (χ0v) is 16.4. The van der Waals surface area contributed by atoms with Gasteiger partial charge in [-0.15, -0.1) is 0 Å². The first kappa shape index (κ1) is 19.0. The highest BCUT2D eigenvalue weighted by Crippen LogP contribution is 2.38. The second kappa shape index (κ2) is 7.97. The van der Waals surface area contributed by atoms with Crippen LogP contribution in [0.2, 0.25) is 0 Å². The van der Waals surface area contributed by atoms with Crippen LogP contribution >= 0.6 is 0 Å². The number of benzene rings is 2. The fraction of sp³-hybridized carbons (Fsp3) is 0.273. The third kappa shape index (κ3) is 3.34. The fourth-order valence-corrected chi connectivity index (χ4v) is 3.66. The standard InChI is InChI=1S/C22H22N2O5/c1-27-16-9-7-15(8-10-16)24-21(25)19(17-5-3-4-6-18(17)28-2)20(22(24)26)23-11-13-29-14-12-23/h3-10H,11-14H2,1-2H3. The number of imide groups is 1. The predicted molar refractivity (Wildman–Crippen MR) is 108 cm³/mol. The highest BCUT2D eigenvalue weighted by molar-refractivity contribution is 6.45. The number of methoxy groups -OCH3 is 2. The summed E-state index contributed by atoms with van der Waals surface area (Å²) in [7, 11) is 3.12. The van der Waals surface area contributed by atoms with Gasteiger partial charge in [0.05, 0.1) is 38.7 Å².